The van der Waals surface area contributed by atoms with Gasteiger partial charge in [-0.2, -0.15) is 13.2 Å². The van der Waals surface area contributed by atoms with E-state index in [0.717, 1.165) is 40.9 Å². The van der Waals surface area contributed by atoms with Gasteiger partial charge >= 0.3 is 6.18 Å². The minimum atomic E-state index is -4.40. The molecule has 2 unspecified atom stereocenters. The maximum Gasteiger partial charge on any atom is 0.416 e. The molecule has 1 saturated heterocycles. The van der Waals surface area contributed by atoms with Crippen LogP contribution in [-0.2, 0) is 11.0 Å². The molecule has 0 aromatic heterocycles. The fraction of sp³-hybridized carbons (Fsp3) is 0.242. The van der Waals surface area contributed by atoms with Gasteiger partial charge in [0.05, 0.1) is 18.7 Å². The summed E-state index contributed by atoms with van der Waals surface area (Å²) in [5.41, 5.74) is 2.90. The molecular formula is C33H32F3N3O2. The molecule has 4 aromatic carbocycles. The van der Waals surface area contributed by atoms with Crippen molar-refractivity contribution in [1.29, 1.82) is 0 Å². The summed E-state index contributed by atoms with van der Waals surface area (Å²) in [4.78, 5) is 19.1. The minimum Gasteiger partial charge on any atom is -0.497 e. The highest BCUT2D eigenvalue weighted by molar-refractivity contribution is 5.74. The third kappa shape index (κ3) is 6.45. The molecule has 1 aliphatic heterocycles. The zero-order valence-electron chi connectivity index (χ0n) is 22.7. The summed E-state index contributed by atoms with van der Waals surface area (Å²) in [6, 6.07) is 32.5. The number of benzene rings is 4. The molecule has 0 N–H and O–H groups in total. The fourth-order valence-electron chi connectivity index (χ4n) is 5.46. The van der Waals surface area contributed by atoms with Gasteiger partial charge in [0.2, 0.25) is 0 Å². The number of methoxy groups -OCH3 is 1. The number of para-hydroxylation sites is 2. The molecule has 4 aromatic rings. The van der Waals surface area contributed by atoms with Crippen LogP contribution in [0, 0.1) is 0 Å². The van der Waals surface area contributed by atoms with Gasteiger partial charge in [-0.25, -0.2) is 0 Å². The summed E-state index contributed by atoms with van der Waals surface area (Å²) in [5.74, 6) is 0.709. The predicted octanol–water partition coefficient (Wildman–Crippen LogP) is 6.78. The van der Waals surface area contributed by atoms with E-state index in [-0.39, 0.29) is 6.04 Å². The van der Waals surface area contributed by atoms with Crippen LogP contribution in [0.2, 0.25) is 0 Å². The first kappa shape index (κ1) is 28.4. The lowest BCUT2D eigenvalue weighted by Gasteiger charge is -2.44. The fourth-order valence-corrected chi connectivity index (χ4v) is 5.46. The molecule has 0 saturated carbocycles. The number of piperazine rings is 1. The average molecular weight is 560 g/mol. The summed E-state index contributed by atoms with van der Waals surface area (Å²) >= 11 is 0. The highest BCUT2D eigenvalue weighted by atomic mass is 19.4. The molecule has 41 heavy (non-hydrogen) atoms. The Hall–Kier alpha value is -4.14. The maximum absolute atomic E-state index is 13.3. The van der Waals surface area contributed by atoms with Gasteiger partial charge in [0.15, 0.2) is 6.29 Å². The van der Waals surface area contributed by atoms with Crippen LogP contribution in [0.4, 0.5) is 24.5 Å². The number of hydrogen-bond acceptors (Lipinski definition) is 5. The van der Waals surface area contributed by atoms with Crippen LogP contribution in [0.5, 0.6) is 5.75 Å². The number of rotatable bonds is 9. The second-order valence-corrected chi connectivity index (χ2v) is 9.96. The topological polar surface area (TPSA) is 36.0 Å². The first-order valence-electron chi connectivity index (χ1n) is 13.5. The summed E-state index contributed by atoms with van der Waals surface area (Å²) in [5, 5.41) is 0. The van der Waals surface area contributed by atoms with E-state index in [1.807, 2.05) is 89.8 Å². The monoisotopic (exact) mass is 559 g/mol. The van der Waals surface area contributed by atoms with Gasteiger partial charge in [0, 0.05) is 37.6 Å². The van der Waals surface area contributed by atoms with Crippen molar-refractivity contribution >= 4 is 17.7 Å². The van der Waals surface area contributed by atoms with Crippen LogP contribution >= 0.6 is 0 Å². The number of nitrogens with zero attached hydrogens (tertiary/aromatic N) is 3. The van der Waals surface area contributed by atoms with Crippen LogP contribution in [0.3, 0.4) is 0 Å². The van der Waals surface area contributed by atoms with E-state index >= 15 is 0 Å². The van der Waals surface area contributed by atoms with E-state index in [1.54, 1.807) is 19.2 Å². The number of aldehydes is 1. The van der Waals surface area contributed by atoms with Gasteiger partial charge in [0.1, 0.15) is 11.9 Å². The molecule has 5 rings (SSSR count). The predicted molar refractivity (Wildman–Crippen MR) is 154 cm³/mol. The van der Waals surface area contributed by atoms with Crippen LogP contribution < -0.4 is 9.64 Å². The molecule has 1 aliphatic rings. The Morgan fingerprint density at radius 2 is 1.17 bits per heavy atom. The van der Waals surface area contributed by atoms with Crippen LogP contribution in [-0.4, -0.2) is 55.5 Å². The van der Waals surface area contributed by atoms with Gasteiger partial charge in [-0.05, 0) is 59.7 Å². The van der Waals surface area contributed by atoms with Crippen molar-refractivity contribution in [2.24, 2.45) is 0 Å². The highest BCUT2D eigenvalue weighted by Crippen LogP contribution is 2.35. The van der Waals surface area contributed by atoms with Crippen LogP contribution in [0.1, 0.15) is 22.7 Å². The van der Waals surface area contributed by atoms with Crippen molar-refractivity contribution < 1.29 is 22.7 Å². The van der Waals surface area contributed by atoms with E-state index in [9.17, 15) is 18.0 Å². The third-order valence-corrected chi connectivity index (χ3v) is 7.53. The lowest BCUT2D eigenvalue weighted by atomic mass is 9.95. The standard InChI is InChI=1S/C33H32F3N3O2/c1-41-30-18-14-26(15-19-30)32(25-12-16-27(17-13-25)33(34,35)36)38-22-20-37(21-23-38)31(24-40)39(28-8-4-2-5-9-28)29-10-6-3-7-11-29/h2-19,24,31-32H,20-23H2,1H3. The summed E-state index contributed by atoms with van der Waals surface area (Å²) in [6.07, 6.45) is -3.94. The Kier molecular flexibility index (Phi) is 8.71. The average Bonchev–Trinajstić information content (AvgIpc) is 3.01. The maximum atomic E-state index is 13.3. The molecular weight excluding hydrogens is 527 g/mol. The highest BCUT2D eigenvalue weighted by Gasteiger charge is 2.34. The lowest BCUT2D eigenvalue weighted by molar-refractivity contribution is -0.137. The number of halogens is 3. The number of carbonyl (C=O) groups is 1. The number of anilines is 2. The van der Waals surface area contributed by atoms with E-state index in [4.69, 9.17) is 4.74 Å². The number of ether oxygens (including phenoxy) is 1. The Labute approximate surface area is 238 Å². The minimum absolute atomic E-state index is 0.251. The third-order valence-electron chi connectivity index (χ3n) is 7.53. The normalized spacial score (nSPS) is 16.1. The quantitative estimate of drug-likeness (QED) is 0.211. The van der Waals surface area contributed by atoms with Gasteiger partial charge in [-0.3, -0.25) is 14.6 Å². The Bertz CT molecular complexity index is 1350. The number of hydrogen-bond donors (Lipinski definition) is 0. The van der Waals surface area contributed by atoms with Crippen molar-refractivity contribution in [3.8, 4) is 5.75 Å². The summed E-state index contributed by atoms with van der Waals surface area (Å²) < 4.78 is 45.2. The molecule has 5 nitrogen and oxygen atoms in total. The van der Waals surface area contributed by atoms with Gasteiger partial charge in [-0.1, -0.05) is 60.7 Å². The van der Waals surface area contributed by atoms with Crippen molar-refractivity contribution in [1.82, 2.24) is 9.80 Å². The molecule has 1 heterocycles. The van der Waals surface area contributed by atoms with Crippen molar-refractivity contribution in [3.05, 3.63) is 126 Å². The van der Waals surface area contributed by atoms with E-state index in [0.29, 0.717) is 31.9 Å². The molecule has 1 fully saturated rings. The zero-order valence-corrected chi connectivity index (χ0v) is 22.7. The van der Waals surface area contributed by atoms with Crippen molar-refractivity contribution in [2.75, 3.05) is 38.2 Å². The molecule has 8 heteroatoms. The van der Waals surface area contributed by atoms with Crippen molar-refractivity contribution in [3.63, 3.8) is 0 Å². The van der Waals surface area contributed by atoms with Gasteiger partial charge in [-0.15, -0.1) is 0 Å². The van der Waals surface area contributed by atoms with E-state index in [2.05, 4.69) is 9.80 Å². The van der Waals surface area contributed by atoms with Gasteiger partial charge < -0.3 is 9.64 Å². The summed E-state index contributed by atoms with van der Waals surface area (Å²) in [6.45, 7) is 2.46. The zero-order chi connectivity index (χ0) is 28.8. The molecule has 212 valence electrons. The Morgan fingerprint density at radius 3 is 1.61 bits per heavy atom. The van der Waals surface area contributed by atoms with Crippen LogP contribution in [0.15, 0.2) is 109 Å². The second kappa shape index (κ2) is 12.6. The van der Waals surface area contributed by atoms with Crippen molar-refractivity contribution in [2.45, 2.75) is 18.4 Å². The number of carbonyl (C=O) groups excluding carboxylic acids is 1. The number of alkyl halides is 3. The Morgan fingerprint density at radius 1 is 0.707 bits per heavy atom. The van der Waals surface area contributed by atoms with E-state index < -0.39 is 17.9 Å². The molecule has 0 bridgehead atoms. The smallest absolute Gasteiger partial charge is 0.416 e. The molecule has 0 spiro atoms. The molecule has 0 radical (unpaired) electrons. The summed E-state index contributed by atoms with van der Waals surface area (Å²) in [7, 11) is 1.60. The molecule has 0 aliphatic carbocycles. The van der Waals surface area contributed by atoms with Gasteiger partial charge in [0.25, 0.3) is 0 Å². The van der Waals surface area contributed by atoms with Crippen LogP contribution in [0.25, 0.3) is 0 Å². The molecule has 0 amide bonds. The SMILES string of the molecule is COc1ccc(C(c2ccc(C(F)(F)F)cc2)N2CCN(C(C=O)N(c3ccccc3)c3ccccc3)CC2)cc1. The largest absolute Gasteiger partial charge is 0.497 e. The Balaban J connectivity index is 1.41. The van der Waals surface area contributed by atoms with E-state index in [1.165, 1.54) is 0 Å². The second-order valence-electron chi connectivity index (χ2n) is 9.96. The lowest BCUT2D eigenvalue weighted by Crippen LogP contribution is -2.56. The molecule has 2 atom stereocenters. The first-order chi connectivity index (χ1) is 19.9. The first-order valence-corrected chi connectivity index (χ1v) is 13.5.